The molecule has 1 saturated heterocycles. The van der Waals surface area contributed by atoms with Gasteiger partial charge in [0.1, 0.15) is 0 Å². The molecule has 0 unspecified atom stereocenters. The number of para-hydroxylation sites is 2. The van der Waals surface area contributed by atoms with Crippen molar-refractivity contribution in [3.63, 3.8) is 0 Å². The van der Waals surface area contributed by atoms with Gasteiger partial charge in [-0.3, -0.25) is 9.69 Å². The Labute approximate surface area is 136 Å². The first kappa shape index (κ1) is 14.2. The number of nitrogens with zero attached hydrogens (tertiary/aromatic N) is 1. The molecule has 1 amide bonds. The third kappa shape index (κ3) is 2.57. The van der Waals surface area contributed by atoms with E-state index in [2.05, 4.69) is 24.3 Å². The number of hydrogen-bond donors (Lipinski definition) is 0. The number of carbonyl (C=O) groups excluding carboxylic acids is 1. The average Bonchev–Trinajstić information content (AvgIpc) is 2.79. The van der Waals surface area contributed by atoms with Gasteiger partial charge >= 0.3 is 0 Å². The highest BCUT2D eigenvalue weighted by Crippen LogP contribution is 2.38. The molecular weight excluding hydrogens is 286 g/mol. The molecule has 3 nitrogen and oxygen atoms in total. The van der Waals surface area contributed by atoms with Crippen LogP contribution in [-0.2, 0) is 9.53 Å². The Kier molecular flexibility index (Phi) is 3.72. The van der Waals surface area contributed by atoms with Crippen LogP contribution in [-0.4, -0.2) is 19.1 Å². The summed E-state index contributed by atoms with van der Waals surface area (Å²) in [5.41, 5.74) is 4.07. The van der Waals surface area contributed by atoms with E-state index in [-0.39, 0.29) is 11.8 Å². The normalized spacial score (nSPS) is 17.3. The molecule has 2 aliphatic heterocycles. The molecule has 0 N–H and O–H groups in total. The fourth-order valence-corrected chi connectivity index (χ4v) is 3.34. The lowest BCUT2D eigenvalue weighted by atomic mass is 9.97. The van der Waals surface area contributed by atoms with Gasteiger partial charge < -0.3 is 4.74 Å². The Hall–Kier alpha value is -2.39. The van der Waals surface area contributed by atoms with Gasteiger partial charge in [0.25, 0.3) is 0 Å². The number of amides is 1. The summed E-state index contributed by atoms with van der Waals surface area (Å²) in [6.45, 7) is 1.34. The Morgan fingerprint density at radius 1 is 0.870 bits per heavy atom. The van der Waals surface area contributed by atoms with Gasteiger partial charge in [0.15, 0.2) is 0 Å². The standard InChI is InChI=1S/C20H19NO2/c22-20(17-11-13-23-14-12-17)21-18-7-3-1-5-15(18)9-10-16-6-2-4-8-19(16)21/h1-10,17H,11-14H2. The molecule has 116 valence electrons. The van der Waals surface area contributed by atoms with E-state index in [9.17, 15) is 4.79 Å². The summed E-state index contributed by atoms with van der Waals surface area (Å²) >= 11 is 0. The number of fused-ring (bicyclic) bond motifs is 2. The molecule has 2 heterocycles. The van der Waals surface area contributed by atoms with E-state index in [0.29, 0.717) is 13.2 Å². The van der Waals surface area contributed by atoms with Crippen molar-refractivity contribution in [1.29, 1.82) is 0 Å². The van der Waals surface area contributed by atoms with Crippen LogP contribution in [0, 0.1) is 5.92 Å². The fourth-order valence-electron chi connectivity index (χ4n) is 3.34. The van der Waals surface area contributed by atoms with Crippen LogP contribution in [0.2, 0.25) is 0 Å². The lowest BCUT2D eigenvalue weighted by Crippen LogP contribution is -2.36. The summed E-state index contributed by atoms with van der Waals surface area (Å²) in [7, 11) is 0. The molecule has 2 aliphatic rings. The third-order valence-corrected chi connectivity index (χ3v) is 4.59. The van der Waals surface area contributed by atoms with E-state index in [0.717, 1.165) is 35.3 Å². The highest BCUT2D eigenvalue weighted by Gasteiger charge is 2.30. The third-order valence-electron chi connectivity index (χ3n) is 4.59. The van der Waals surface area contributed by atoms with E-state index in [1.807, 2.05) is 41.3 Å². The number of ether oxygens (including phenoxy) is 1. The Balaban J connectivity index is 1.83. The lowest BCUT2D eigenvalue weighted by Gasteiger charge is -2.30. The first-order valence-electron chi connectivity index (χ1n) is 8.12. The van der Waals surface area contributed by atoms with Crippen LogP contribution in [0.5, 0.6) is 0 Å². The molecule has 1 fully saturated rings. The molecule has 23 heavy (non-hydrogen) atoms. The lowest BCUT2D eigenvalue weighted by molar-refractivity contribution is -0.124. The minimum Gasteiger partial charge on any atom is -0.381 e. The summed E-state index contributed by atoms with van der Waals surface area (Å²) in [6, 6.07) is 16.2. The molecule has 0 aromatic heterocycles. The summed E-state index contributed by atoms with van der Waals surface area (Å²) in [6.07, 6.45) is 5.77. The second-order valence-corrected chi connectivity index (χ2v) is 6.01. The first-order chi connectivity index (χ1) is 11.3. The molecule has 2 aromatic carbocycles. The van der Waals surface area contributed by atoms with Crippen molar-refractivity contribution in [1.82, 2.24) is 0 Å². The van der Waals surface area contributed by atoms with E-state index < -0.39 is 0 Å². The van der Waals surface area contributed by atoms with Gasteiger partial charge in [0, 0.05) is 19.1 Å². The maximum Gasteiger partial charge on any atom is 0.234 e. The zero-order valence-electron chi connectivity index (χ0n) is 12.9. The topological polar surface area (TPSA) is 29.5 Å². The molecule has 0 radical (unpaired) electrons. The Bertz CT molecular complexity index is 710. The van der Waals surface area contributed by atoms with Crippen LogP contribution in [0.4, 0.5) is 11.4 Å². The van der Waals surface area contributed by atoms with Gasteiger partial charge in [0.2, 0.25) is 5.91 Å². The van der Waals surface area contributed by atoms with Crippen LogP contribution >= 0.6 is 0 Å². The van der Waals surface area contributed by atoms with Gasteiger partial charge in [-0.05, 0) is 36.1 Å². The molecule has 0 aliphatic carbocycles. The Morgan fingerprint density at radius 3 is 1.96 bits per heavy atom. The van der Waals surface area contributed by atoms with E-state index in [4.69, 9.17) is 4.74 Å². The van der Waals surface area contributed by atoms with Crippen molar-refractivity contribution in [3.8, 4) is 0 Å². The molecule has 0 atom stereocenters. The highest BCUT2D eigenvalue weighted by atomic mass is 16.5. The number of hydrogen-bond acceptors (Lipinski definition) is 2. The van der Waals surface area contributed by atoms with Crippen molar-refractivity contribution in [3.05, 3.63) is 59.7 Å². The van der Waals surface area contributed by atoms with Crippen LogP contribution in [0.1, 0.15) is 24.0 Å². The first-order valence-corrected chi connectivity index (χ1v) is 8.12. The summed E-state index contributed by atoms with van der Waals surface area (Å²) in [5, 5.41) is 0. The van der Waals surface area contributed by atoms with E-state index >= 15 is 0 Å². The number of rotatable bonds is 1. The zero-order valence-corrected chi connectivity index (χ0v) is 12.9. The zero-order chi connectivity index (χ0) is 15.6. The number of carbonyl (C=O) groups is 1. The molecule has 0 spiro atoms. The number of benzene rings is 2. The average molecular weight is 305 g/mol. The maximum absolute atomic E-state index is 13.3. The van der Waals surface area contributed by atoms with Crippen molar-refractivity contribution < 1.29 is 9.53 Å². The molecule has 3 heteroatoms. The largest absolute Gasteiger partial charge is 0.381 e. The van der Waals surface area contributed by atoms with Gasteiger partial charge in [-0.2, -0.15) is 0 Å². The molecule has 0 bridgehead atoms. The van der Waals surface area contributed by atoms with Crippen LogP contribution in [0.3, 0.4) is 0 Å². The van der Waals surface area contributed by atoms with Crippen molar-refractivity contribution >= 4 is 29.4 Å². The molecular formula is C20H19NO2. The van der Waals surface area contributed by atoms with E-state index in [1.54, 1.807) is 0 Å². The van der Waals surface area contributed by atoms with Gasteiger partial charge in [-0.25, -0.2) is 0 Å². The minimum absolute atomic E-state index is 0.0305. The monoisotopic (exact) mass is 305 g/mol. The van der Waals surface area contributed by atoms with E-state index in [1.165, 1.54) is 0 Å². The Morgan fingerprint density at radius 2 is 1.39 bits per heavy atom. The molecule has 0 saturated carbocycles. The van der Waals surface area contributed by atoms with Gasteiger partial charge in [0.05, 0.1) is 11.4 Å². The summed E-state index contributed by atoms with van der Waals surface area (Å²) < 4.78 is 5.42. The summed E-state index contributed by atoms with van der Waals surface area (Å²) in [4.78, 5) is 15.2. The summed E-state index contributed by atoms with van der Waals surface area (Å²) in [5.74, 6) is 0.208. The van der Waals surface area contributed by atoms with Crippen molar-refractivity contribution in [2.45, 2.75) is 12.8 Å². The predicted octanol–water partition coefficient (Wildman–Crippen LogP) is 4.26. The minimum atomic E-state index is 0.0305. The predicted molar refractivity (Wildman–Crippen MR) is 92.5 cm³/mol. The van der Waals surface area contributed by atoms with Crippen LogP contribution < -0.4 is 4.90 Å². The fraction of sp³-hybridized carbons (Fsp3) is 0.250. The van der Waals surface area contributed by atoms with Crippen molar-refractivity contribution in [2.75, 3.05) is 18.1 Å². The van der Waals surface area contributed by atoms with Crippen LogP contribution in [0.15, 0.2) is 48.5 Å². The van der Waals surface area contributed by atoms with Crippen molar-refractivity contribution in [2.24, 2.45) is 5.92 Å². The smallest absolute Gasteiger partial charge is 0.234 e. The maximum atomic E-state index is 13.3. The highest BCUT2D eigenvalue weighted by molar-refractivity contribution is 6.07. The van der Waals surface area contributed by atoms with Gasteiger partial charge in [-0.1, -0.05) is 48.6 Å². The van der Waals surface area contributed by atoms with Gasteiger partial charge in [-0.15, -0.1) is 0 Å². The second kappa shape index (κ2) is 6.01. The molecule has 4 rings (SSSR count). The van der Waals surface area contributed by atoms with Crippen LogP contribution in [0.25, 0.3) is 12.2 Å². The second-order valence-electron chi connectivity index (χ2n) is 6.01. The quantitative estimate of drug-likeness (QED) is 0.788. The molecule has 2 aromatic rings. The SMILES string of the molecule is O=C(C1CCOCC1)N1c2ccccc2C=Cc2ccccc21. The number of anilines is 2.